The molecule has 14 heavy (non-hydrogen) atoms. The summed E-state index contributed by atoms with van der Waals surface area (Å²) in [4.78, 5) is 13.2. The maximum atomic E-state index is 10.8. The number of carbonyl (C=O) groups is 1. The molecule has 1 aliphatic carbocycles. The molecule has 4 heteroatoms. The Bertz CT molecular complexity index is 240. The van der Waals surface area contributed by atoms with Crippen LogP contribution in [0.1, 0.15) is 25.7 Å². The molecule has 0 amide bonds. The summed E-state index contributed by atoms with van der Waals surface area (Å²) in [6, 6.07) is 0.749. The Hall–Kier alpha value is -0.610. The summed E-state index contributed by atoms with van der Waals surface area (Å²) < 4.78 is 0. The minimum absolute atomic E-state index is 0.172. The van der Waals surface area contributed by atoms with Gasteiger partial charge in [0.05, 0.1) is 6.42 Å². The summed E-state index contributed by atoms with van der Waals surface area (Å²) in [5.74, 6) is -0.697. The number of rotatable bonds is 4. The van der Waals surface area contributed by atoms with Gasteiger partial charge < -0.3 is 10.4 Å². The molecule has 2 rings (SSSR count). The van der Waals surface area contributed by atoms with Crippen LogP contribution in [0.2, 0.25) is 0 Å². The maximum Gasteiger partial charge on any atom is 0.305 e. The van der Waals surface area contributed by atoms with Gasteiger partial charge in [0, 0.05) is 24.7 Å². The molecule has 0 aromatic heterocycles. The average Bonchev–Trinajstić information content (AvgIpc) is 2.89. The molecule has 1 saturated heterocycles. The smallest absolute Gasteiger partial charge is 0.305 e. The van der Waals surface area contributed by atoms with Crippen LogP contribution in [0, 0.1) is 0 Å². The van der Waals surface area contributed by atoms with Crippen molar-refractivity contribution in [3.63, 3.8) is 0 Å². The number of carboxylic acids is 1. The zero-order chi connectivity index (χ0) is 10.2. The first-order valence-corrected chi connectivity index (χ1v) is 5.30. The van der Waals surface area contributed by atoms with Crippen molar-refractivity contribution in [3.05, 3.63) is 0 Å². The van der Waals surface area contributed by atoms with Crippen molar-refractivity contribution >= 4 is 5.97 Å². The van der Waals surface area contributed by atoms with Crippen LogP contribution in [0.25, 0.3) is 0 Å². The van der Waals surface area contributed by atoms with E-state index in [0.29, 0.717) is 0 Å². The first-order valence-electron chi connectivity index (χ1n) is 5.30. The maximum absolute atomic E-state index is 10.8. The molecular formula is C10H18N2O2. The number of aliphatic carboxylic acids is 1. The molecule has 0 spiro atoms. The quantitative estimate of drug-likeness (QED) is 0.681. The van der Waals surface area contributed by atoms with E-state index in [1.54, 1.807) is 0 Å². The largest absolute Gasteiger partial charge is 0.481 e. The van der Waals surface area contributed by atoms with E-state index in [1.165, 1.54) is 12.8 Å². The first kappa shape index (κ1) is 9.93. The van der Waals surface area contributed by atoms with Gasteiger partial charge in [-0.1, -0.05) is 0 Å². The van der Waals surface area contributed by atoms with E-state index in [1.807, 2.05) is 7.05 Å². The Morgan fingerprint density at radius 1 is 1.64 bits per heavy atom. The molecule has 0 radical (unpaired) electrons. The fraction of sp³-hybridized carbons (Fsp3) is 0.900. The Morgan fingerprint density at radius 3 is 2.86 bits per heavy atom. The number of carboxylic acid groups (broad SMARTS) is 1. The van der Waals surface area contributed by atoms with Crippen molar-refractivity contribution in [3.8, 4) is 0 Å². The lowest BCUT2D eigenvalue weighted by molar-refractivity contribution is -0.138. The number of nitrogens with one attached hydrogen (secondary N) is 1. The van der Waals surface area contributed by atoms with E-state index < -0.39 is 5.97 Å². The van der Waals surface area contributed by atoms with Crippen molar-refractivity contribution in [2.75, 3.05) is 20.1 Å². The minimum atomic E-state index is -0.697. The predicted octanol–water partition coefficient (Wildman–Crippen LogP) is 0.287. The van der Waals surface area contributed by atoms with Crippen molar-refractivity contribution in [2.24, 2.45) is 0 Å². The number of nitrogens with zero attached hydrogens (tertiary/aromatic N) is 1. The molecule has 1 saturated carbocycles. The van der Waals surface area contributed by atoms with Gasteiger partial charge in [0.15, 0.2) is 0 Å². The Kier molecular flexibility index (Phi) is 2.49. The van der Waals surface area contributed by atoms with E-state index in [4.69, 9.17) is 5.11 Å². The average molecular weight is 198 g/mol. The van der Waals surface area contributed by atoms with Crippen molar-refractivity contribution in [2.45, 2.75) is 37.3 Å². The lowest BCUT2D eigenvalue weighted by Gasteiger charge is -2.27. The highest BCUT2D eigenvalue weighted by Crippen LogP contribution is 2.34. The molecule has 80 valence electrons. The molecule has 1 atom stereocenters. The summed E-state index contributed by atoms with van der Waals surface area (Å²) in [7, 11) is 1.87. The number of likely N-dealkylation sites (tertiary alicyclic amines) is 1. The van der Waals surface area contributed by atoms with Crippen LogP contribution >= 0.6 is 0 Å². The fourth-order valence-electron chi connectivity index (χ4n) is 2.38. The van der Waals surface area contributed by atoms with Gasteiger partial charge in [-0.2, -0.15) is 0 Å². The third kappa shape index (κ3) is 1.91. The molecule has 2 aliphatic rings. The van der Waals surface area contributed by atoms with Gasteiger partial charge in [0.25, 0.3) is 0 Å². The van der Waals surface area contributed by atoms with Crippen molar-refractivity contribution in [1.29, 1.82) is 0 Å². The first-order chi connectivity index (χ1) is 6.65. The third-order valence-corrected chi connectivity index (χ3v) is 3.47. The lowest BCUT2D eigenvalue weighted by atomic mass is 9.94. The van der Waals surface area contributed by atoms with E-state index >= 15 is 0 Å². The molecule has 0 bridgehead atoms. The molecular weight excluding hydrogens is 180 g/mol. The zero-order valence-corrected chi connectivity index (χ0v) is 8.62. The highest BCUT2D eigenvalue weighted by molar-refractivity contribution is 5.68. The summed E-state index contributed by atoms with van der Waals surface area (Å²) in [6.45, 7) is 1.96. The molecule has 1 unspecified atom stereocenters. The van der Waals surface area contributed by atoms with Gasteiger partial charge in [0.2, 0.25) is 0 Å². The Balaban J connectivity index is 1.96. The number of likely N-dealkylation sites (N-methyl/N-ethyl adjacent to an activating group) is 1. The summed E-state index contributed by atoms with van der Waals surface area (Å²) in [5.41, 5.74) is -0.172. The highest BCUT2D eigenvalue weighted by Gasteiger charge is 2.43. The molecule has 2 fully saturated rings. The van der Waals surface area contributed by atoms with Crippen LogP contribution in [0.15, 0.2) is 0 Å². The second kappa shape index (κ2) is 3.51. The van der Waals surface area contributed by atoms with E-state index in [0.717, 1.165) is 25.6 Å². The van der Waals surface area contributed by atoms with Gasteiger partial charge in [-0.15, -0.1) is 0 Å². The van der Waals surface area contributed by atoms with Gasteiger partial charge in [-0.3, -0.25) is 9.69 Å². The second-order valence-corrected chi connectivity index (χ2v) is 4.55. The Morgan fingerprint density at radius 2 is 2.36 bits per heavy atom. The van der Waals surface area contributed by atoms with Crippen LogP contribution in [0.5, 0.6) is 0 Å². The predicted molar refractivity (Wildman–Crippen MR) is 53.3 cm³/mol. The van der Waals surface area contributed by atoms with E-state index in [9.17, 15) is 4.79 Å². The van der Waals surface area contributed by atoms with Crippen molar-refractivity contribution < 1.29 is 9.90 Å². The number of hydrogen-bond donors (Lipinski definition) is 2. The van der Waals surface area contributed by atoms with Gasteiger partial charge in [-0.05, 0) is 26.3 Å². The molecule has 2 N–H and O–H groups in total. The van der Waals surface area contributed by atoms with Crippen LogP contribution in [-0.4, -0.2) is 47.7 Å². The molecule has 0 aromatic rings. The standard InChI is InChI=1S/C10H18N2O2/c1-11-10(6-9(13)14)4-5-12(7-10)8-2-3-8/h8,11H,2-7H2,1H3,(H,13,14). The van der Waals surface area contributed by atoms with Crippen LogP contribution < -0.4 is 5.32 Å². The second-order valence-electron chi connectivity index (χ2n) is 4.55. The molecule has 4 nitrogen and oxygen atoms in total. The lowest BCUT2D eigenvalue weighted by Crippen LogP contribution is -2.47. The SMILES string of the molecule is CNC1(CC(=O)O)CCN(C2CC2)C1. The fourth-order valence-corrected chi connectivity index (χ4v) is 2.38. The highest BCUT2D eigenvalue weighted by atomic mass is 16.4. The van der Waals surface area contributed by atoms with Crippen molar-refractivity contribution in [1.82, 2.24) is 10.2 Å². The van der Waals surface area contributed by atoms with Gasteiger partial charge in [0.1, 0.15) is 0 Å². The molecule has 0 aromatic carbocycles. The zero-order valence-electron chi connectivity index (χ0n) is 8.62. The Labute approximate surface area is 84.3 Å². The topological polar surface area (TPSA) is 52.6 Å². The van der Waals surface area contributed by atoms with E-state index in [2.05, 4.69) is 10.2 Å². The monoisotopic (exact) mass is 198 g/mol. The summed E-state index contributed by atoms with van der Waals surface area (Å²) in [5, 5.41) is 12.1. The van der Waals surface area contributed by atoms with Gasteiger partial charge in [-0.25, -0.2) is 0 Å². The molecule has 1 heterocycles. The minimum Gasteiger partial charge on any atom is -0.481 e. The van der Waals surface area contributed by atoms with Crippen LogP contribution in [0.4, 0.5) is 0 Å². The van der Waals surface area contributed by atoms with E-state index in [-0.39, 0.29) is 12.0 Å². The van der Waals surface area contributed by atoms with Crippen LogP contribution in [0.3, 0.4) is 0 Å². The summed E-state index contributed by atoms with van der Waals surface area (Å²) in [6.07, 6.45) is 3.80. The normalized spacial score (nSPS) is 33.5. The van der Waals surface area contributed by atoms with Crippen LogP contribution in [-0.2, 0) is 4.79 Å². The number of hydrogen-bond acceptors (Lipinski definition) is 3. The van der Waals surface area contributed by atoms with Gasteiger partial charge >= 0.3 is 5.97 Å². The summed E-state index contributed by atoms with van der Waals surface area (Å²) >= 11 is 0. The third-order valence-electron chi connectivity index (χ3n) is 3.47. The molecule has 1 aliphatic heterocycles.